The first kappa shape index (κ1) is 10.8. The Morgan fingerprint density at radius 2 is 1.83 bits per heavy atom. The minimum absolute atomic E-state index is 0.473. The number of aromatic nitrogens is 2. The largest absolute Gasteiger partial charge is 0.369 e. The minimum Gasteiger partial charge on any atom is -0.369 e. The topological polar surface area (TPSA) is 54.7 Å². The molecular weight excluding hydrogens is 150 g/mol. The molecule has 0 aliphatic rings. The normalized spacial score (nSPS) is 12.7. The third kappa shape index (κ3) is 2.42. The molecule has 0 aliphatic heterocycles. The summed E-state index contributed by atoms with van der Waals surface area (Å²) in [7, 11) is 0. The molecule has 3 heteroatoms. The predicted molar refractivity (Wildman–Crippen MR) is 53.9 cm³/mol. The first-order valence-electron chi connectivity index (χ1n) is 4.22. The van der Waals surface area contributed by atoms with E-state index in [2.05, 4.69) is 9.97 Å². The van der Waals surface area contributed by atoms with Crippen LogP contribution in [0.3, 0.4) is 0 Å². The van der Waals surface area contributed by atoms with Crippen LogP contribution in [0.5, 0.6) is 0 Å². The van der Waals surface area contributed by atoms with Crippen LogP contribution in [0, 0.1) is 0 Å². The summed E-state index contributed by atoms with van der Waals surface area (Å²) in [5.74, 6) is 0.473. The second-order valence-corrected chi connectivity index (χ2v) is 2.00. The van der Waals surface area contributed by atoms with Gasteiger partial charge >= 0.3 is 0 Å². The van der Waals surface area contributed by atoms with E-state index in [4.69, 9.17) is 5.73 Å². The molecule has 0 unspecified atom stereocenters. The number of hydrogen-bond donors (Lipinski definition) is 2. The van der Waals surface area contributed by atoms with Gasteiger partial charge in [-0.1, -0.05) is 26.0 Å². The molecule has 1 heterocycles. The predicted octanol–water partition coefficient (Wildman–Crippen LogP) is 0.619. The molecule has 0 saturated carbocycles. The highest BCUT2D eigenvalue weighted by molar-refractivity contribution is 5.27. The van der Waals surface area contributed by atoms with Gasteiger partial charge < -0.3 is 10.7 Å². The summed E-state index contributed by atoms with van der Waals surface area (Å²) in [5.41, 5.74) is 5.42. The standard InChI is InChI=1S/C7H11N3.C2H6/c1-3-5-6(4-2)10-7(8)9-5;1-2/h3-4H,1-2H3,(H3,8,9,10);1-2H3/b5-3+,6-4+;. The van der Waals surface area contributed by atoms with Crippen molar-refractivity contribution >= 4 is 18.1 Å². The summed E-state index contributed by atoms with van der Waals surface area (Å²) in [6, 6.07) is 0. The van der Waals surface area contributed by atoms with Crippen LogP contribution in [0.1, 0.15) is 27.7 Å². The van der Waals surface area contributed by atoms with E-state index in [0.717, 1.165) is 10.7 Å². The van der Waals surface area contributed by atoms with Crippen molar-refractivity contribution in [3.63, 3.8) is 0 Å². The van der Waals surface area contributed by atoms with Gasteiger partial charge in [0.2, 0.25) is 0 Å². The molecule has 1 aromatic heterocycles. The molecule has 3 nitrogen and oxygen atoms in total. The summed E-state index contributed by atoms with van der Waals surface area (Å²) in [6.07, 6.45) is 3.86. The fourth-order valence-electron chi connectivity index (χ4n) is 0.860. The number of rotatable bonds is 0. The second kappa shape index (κ2) is 5.41. The zero-order valence-corrected chi connectivity index (χ0v) is 8.18. The van der Waals surface area contributed by atoms with Crippen LogP contribution < -0.4 is 16.4 Å². The zero-order valence-electron chi connectivity index (χ0n) is 8.18. The molecule has 0 bridgehead atoms. The van der Waals surface area contributed by atoms with E-state index >= 15 is 0 Å². The van der Waals surface area contributed by atoms with Crippen molar-refractivity contribution in [2.24, 2.45) is 0 Å². The van der Waals surface area contributed by atoms with Crippen LogP contribution in [0.4, 0.5) is 5.95 Å². The summed E-state index contributed by atoms with van der Waals surface area (Å²) in [6.45, 7) is 7.88. The summed E-state index contributed by atoms with van der Waals surface area (Å²) < 4.78 is 0. The van der Waals surface area contributed by atoms with E-state index in [9.17, 15) is 0 Å². The Labute approximate surface area is 73.0 Å². The van der Waals surface area contributed by atoms with Crippen molar-refractivity contribution < 1.29 is 0 Å². The Bertz CT molecular complexity index is 291. The first-order chi connectivity index (χ1) is 5.77. The average molecular weight is 167 g/mol. The van der Waals surface area contributed by atoms with Crippen LogP contribution >= 0.6 is 0 Å². The van der Waals surface area contributed by atoms with E-state index in [0.29, 0.717) is 5.95 Å². The zero-order chi connectivity index (χ0) is 9.56. The highest BCUT2D eigenvalue weighted by atomic mass is 15.0. The Balaban J connectivity index is 0.000000561. The Morgan fingerprint density at radius 3 is 2.17 bits per heavy atom. The van der Waals surface area contributed by atoms with Crippen LogP contribution in [-0.2, 0) is 0 Å². The van der Waals surface area contributed by atoms with Crippen molar-refractivity contribution in [2.45, 2.75) is 27.7 Å². The van der Waals surface area contributed by atoms with Gasteiger partial charge in [-0.05, 0) is 13.8 Å². The fraction of sp³-hybridized carbons (Fsp3) is 0.444. The van der Waals surface area contributed by atoms with Crippen molar-refractivity contribution in [3.8, 4) is 0 Å². The lowest BCUT2D eigenvalue weighted by Crippen LogP contribution is -2.23. The van der Waals surface area contributed by atoms with Gasteiger partial charge in [0.15, 0.2) is 5.95 Å². The number of H-pyrrole nitrogens is 1. The molecule has 0 radical (unpaired) electrons. The summed E-state index contributed by atoms with van der Waals surface area (Å²) in [5, 5.41) is 1.90. The molecule has 0 fully saturated rings. The van der Waals surface area contributed by atoms with Gasteiger partial charge in [-0.3, -0.25) is 0 Å². The number of nitrogens with one attached hydrogen (secondary N) is 1. The van der Waals surface area contributed by atoms with Gasteiger partial charge in [-0.15, -0.1) is 0 Å². The molecule has 0 atom stereocenters. The molecule has 0 aliphatic carbocycles. The second-order valence-electron chi connectivity index (χ2n) is 2.00. The van der Waals surface area contributed by atoms with Gasteiger partial charge in [-0.25, -0.2) is 4.98 Å². The van der Waals surface area contributed by atoms with Crippen molar-refractivity contribution in [1.29, 1.82) is 0 Å². The first-order valence-corrected chi connectivity index (χ1v) is 4.22. The van der Waals surface area contributed by atoms with Crippen molar-refractivity contribution in [2.75, 3.05) is 5.73 Å². The maximum atomic E-state index is 5.42. The molecule has 1 rings (SSSR count). The molecule has 0 spiro atoms. The maximum Gasteiger partial charge on any atom is 0.198 e. The van der Waals surface area contributed by atoms with Crippen LogP contribution in [-0.4, -0.2) is 9.97 Å². The number of nitrogens with two attached hydrogens (primary N) is 1. The highest BCUT2D eigenvalue weighted by Gasteiger charge is 1.88. The van der Waals surface area contributed by atoms with Gasteiger partial charge in [0, 0.05) is 0 Å². The van der Waals surface area contributed by atoms with E-state index in [1.54, 1.807) is 0 Å². The molecule has 12 heavy (non-hydrogen) atoms. The van der Waals surface area contributed by atoms with Gasteiger partial charge in [0.1, 0.15) is 0 Å². The van der Waals surface area contributed by atoms with Crippen LogP contribution in [0.2, 0.25) is 0 Å². The number of nitrogen functional groups attached to an aromatic ring is 1. The molecule has 0 amide bonds. The number of hydrogen-bond acceptors (Lipinski definition) is 2. The highest BCUT2D eigenvalue weighted by Crippen LogP contribution is 1.74. The third-order valence-corrected chi connectivity index (χ3v) is 1.34. The van der Waals surface area contributed by atoms with Crippen molar-refractivity contribution in [1.82, 2.24) is 9.97 Å². The third-order valence-electron chi connectivity index (χ3n) is 1.34. The number of anilines is 1. The fourth-order valence-corrected chi connectivity index (χ4v) is 0.860. The lowest BCUT2D eigenvalue weighted by Gasteiger charge is -1.73. The summed E-state index contributed by atoms with van der Waals surface area (Å²) in [4.78, 5) is 6.96. The van der Waals surface area contributed by atoms with E-state index in [-0.39, 0.29) is 0 Å². The number of nitrogens with zero attached hydrogens (tertiary/aromatic N) is 1. The monoisotopic (exact) mass is 167 g/mol. The summed E-state index contributed by atoms with van der Waals surface area (Å²) >= 11 is 0. The lowest BCUT2D eigenvalue weighted by atomic mass is 10.5. The average Bonchev–Trinajstić information content (AvgIpc) is 2.49. The van der Waals surface area contributed by atoms with Gasteiger partial charge in [0.05, 0.1) is 10.7 Å². The van der Waals surface area contributed by atoms with E-state index in [1.807, 2.05) is 39.8 Å². The molecule has 0 aromatic carbocycles. The molecule has 0 saturated heterocycles. The Kier molecular flexibility index (Phi) is 4.84. The smallest absolute Gasteiger partial charge is 0.198 e. The Hall–Kier alpha value is -1.25. The van der Waals surface area contributed by atoms with Crippen LogP contribution in [0.15, 0.2) is 0 Å². The number of aromatic amines is 1. The molecule has 1 aromatic rings. The molecule has 3 N–H and O–H groups in total. The molecule has 68 valence electrons. The minimum atomic E-state index is 0.473. The van der Waals surface area contributed by atoms with Gasteiger partial charge in [-0.2, -0.15) is 0 Å². The van der Waals surface area contributed by atoms with E-state index < -0.39 is 0 Å². The maximum absolute atomic E-state index is 5.42. The molecular formula is C9H17N3. The van der Waals surface area contributed by atoms with Gasteiger partial charge in [0.25, 0.3) is 0 Å². The van der Waals surface area contributed by atoms with Crippen LogP contribution in [0.25, 0.3) is 12.2 Å². The lowest BCUT2D eigenvalue weighted by molar-refractivity contribution is 1.30. The quantitative estimate of drug-likeness (QED) is 0.595. The Morgan fingerprint density at radius 1 is 1.25 bits per heavy atom. The van der Waals surface area contributed by atoms with E-state index in [1.165, 1.54) is 0 Å². The SMILES string of the molecule is C/C=c1/nc(N)[nH]/c1=C/C.CC. The number of imidazole rings is 1. The van der Waals surface area contributed by atoms with Crippen molar-refractivity contribution in [3.05, 3.63) is 10.7 Å².